The minimum absolute atomic E-state index is 0.0743. The fourth-order valence-corrected chi connectivity index (χ4v) is 3.37. The first kappa shape index (κ1) is 34.8. The van der Waals surface area contributed by atoms with Crippen LogP contribution in [0.3, 0.4) is 0 Å². The van der Waals surface area contributed by atoms with Gasteiger partial charge in [0, 0.05) is 10.8 Å². The van der Waals surface area contributed by atoms with Crippen molar-refractivity contribution in [3.63, 3.8) is 0 Å². The summed E-state index contributed by atoms with van der Waals surface area (Å²) >= 11 is 0. The summed E-state index contributed by atoms with van der Waals surface area (Å²) in [4.78, 5) is 58.4. The van der Waals surface area contributed by atoms with E-state index < -0.39 is 41.5 Å². The molecule has 2 aromatic carbocycles. The molecule has 0 aliphatic rings. The number of carbonyl (C=O) groups excluding carboxylic acids is 3. The van der Waals surface area contributed by atoms with Crippen LogP contribution in [0.2, 0.25) is 0 Å². The van der Waals surface area contributed by atoms with Crippen LogP contribution in [0.1, 0.15) is 115 Å². The van der Waals surface area contributed by atoms with E-state index >= 15 is 0 Å². The van der Waals surface area contributed by atoms with E-state index in [2.05, 4.69) is 41.5 Å². The molecule has 232 valence electrons. The van der Waals surface area contributed by atoms with E-state index in [0.29, 0.717) is 0 Å². The van der Waals surface area contributed by atoms with Crippen molar-refractivity contribution in [3.05, 3.63) is 70.8 Å². The summed E-state index contributed by atoms with van der Waals surface area (Å²) in [6, 6.07) is 13.9. The molecule has 0 bridgehead atoms. The molecule has 2 rings (SSSR count). The molecule has 2 unspecified atom stereocenters. The van der Waals surface area contributed by atoms with E-state index in [9.17, 15) is 14.4 Å². The zero-order valence-electron chi connectivity index (χ0n) is 26.9. The number of ether oxygens (including phenoxy) is 2. The first-order valence-corrected chi connectivity index (χ1v) is 13.9. The largest absolute Gasteiger partial charge is 0.513 e. The average molecular weight is 587 g/mol. The van der Waals surface area contributed by atoms with Crippen LogP contribution in [0, 0.1) is 10.8 Å². The van der Waals surface area contributed by atoms with Crippen molar-refractivity contribution in [1.29, 1.82) is 0 Å². The van der Waals surface area contributed by atoms with Gasteiger partial charge < -0.3 is 9.47 Å². The normalized spacial score (nSPS) is 14.0. The fourth-order valence-electron chi connectivity index (χ4n) is 3.37. The molecule has 0 N–H and O–H groups in total. The predicted octanol–water partition coefficient (Wildman–Crippen LogP) is 8.06. The first-order chi connectivity index (χ1) is 19.1. The van der Waals surface area contributed by atoms with E-state index in [1.54, 1.807) is 65.8 Å². The molecule has 0 fully saturated rings. The van der Waals surface area contributed by atoms with Gasteiger partial charge in [-0.05, 0) is 46.2 Å². The summed E-state index contributed by atoms with van der Waals surface area (Å²) < 4.78 is 10.7. The number of carbonyl (C=O) groups is 3. The summed E-state index contributed by atoms with van der Waals surface area (Å²) in [5.41, 5.74) is 0.892. The first-order valence-electron chi connectivity index (χ1n) is 13.9. The zero-order valence-corrected chi connectivity index (χ0v) is 26.9. The molecule has 0 aliphatic heterocycles. The highest BCUT2D eigenvalue weighted by Crippen LogP contribution is 2.29. The van der Waals surface area contributed by atoms with Gasteiger partial charge in [0.05, 0.1) is 11.1 Å². The molecule has 0 saturated heterocycles. The minimum atomic E-state index is -1.33. The SMILES string of the molecule is CC(C)(C)c1ccc(C(=O)OOC(OC(=O)OC(OOC(=O)c2ccc(C(C)(C)C)cc2)C(C)(C)C)C(C)(C)C)cc1. The molecular weight excluding hydrogens is 540 g/mol. The van der Waals surface area contributed by atoms with Crippen molar-refractivity contribution in [2.45, 2.75) is 106 Å². The van der Waals surface area contributed by atoms with E-state index in [4.69, 9.17) is 29.0 Å². The Morgan fingerprint density at radius 1 is 0.500 bits per heavy atom. The third kappa shape index (κ3) is 10.4. The van der Waals surface area contributed by atoms with Gasteiger partial charge in [-0.2, -0.15) is 0 Å². The maximum atomic E-state index is 12.8. The van der Waals surface area contributed by atoms with Crippen LogP contribution in [-0.2, 0) is 39.9 Å². The highest BCUT2D eigenvalue weighted by Gasteiger charge is 2.37. The third-order valence-corrected chi connectivity index (χ3v) is 6.22. The fraction of sp³-hybridized carbons (Fsp3) is 0.545. The van der Waals surface area contributed by atoms with Crippen LogP contribution in [0.5, 0.6) is 0 Å². The number of benzene rings is 2. The lowest BCUT2D eigenvalue weighted by atomic mass is 9.87. The molecule has 0 heterocycles. The molecule has 0 amide bonds. The van der Waals surface area contributed by atoms with E-state index in [1.165, 1.54) is 0 Å². The number of hydrogen-bond acceptors (Lipinski definition) is 9. The Morgan fingerprint density at radius 2 is 0.786 bits per heavy atom. The Balaban J connectivity index is 2.02. The van der Waals surface area contributed by atoms with Crippen molar-refractivity contribution < 1.29 is 43.4 Å². The van der Waals surface area contributed by atoms with Crippen molar-refractivity contribution >= 4 is 18.1 Å². The van der Waals surface area contributed by atoms with Gasteiger partial charge in [-0.25, -0.2) is 14.4 Å². The van der Waals surface area contributed by atoms with Crippen LogP contribution >= 0.6 is 0 Å². The second kappa shape index (κ2) is 13.3. The number of hydrogen-bond donors (Lipinski definition) is 0. The lowest BCUT2D eigenvalue weighted by Gasteiger charge is -2.30. The summed E-state index contributed by atoms with van der Waals surface area (Å²) in [6.45, 7) is 22.8. The van der Waals surface area contributed by atoms with Crippen molar-refractivity contribution in [1.82, 2.24) is 0 Å². The van der Waals surface area contributed by atoms with E-state index in [0.717, 1.165) is 11.1 Å². The lowest BCUT2D eigenvalue weighted by Crippen LogP contribution is -2.39. The Labute approximate surface area is 249 Å². The Hall–Kier alpha value is -3.43. The van der Waals surface area contributed by atoms with Gasteiger partial charge in [-0.1, -0.05) is 107 Å². The van der Waals surface area contributed by atoms with Crippen LogP contribution in [-0.4, -0.2) is 30.7 Å². The van der Waals surface area contributed by atoms with Crippen molar-refractivity contribution in [2.75, 3.05) is 0 Å². The highest BCUT2D eigenvalue weighted by molar-refractivity contribution is 5.89. The second-order valence-electron chi connectivity index (χ2n) is 14.5. The molecule has 0 spiro atoms. The molecule has 2 atom stereocenters. The molecule has 9 nitrogen and oxygen atoms in total. The molecule has 42 heavy (non-hydrogen) atoms. The van der Waals surface area contributed by atoms with Crippen LogP contribution in [0.4, 0.5) is 4.79 Å². The molecular formula is C33H46O9. The van der Waals surface area contributed by atoms with Gasteiger partial charge >= 0.3 is 18.1 Å². The topological polar surface area (TPSA) is 107 Å². The van der Waals surface area contributed by atoms with Gasteiger partial charge in [0.25, 0.3) is 12.6 Å². The molecule has 0 radical (unpaired) electrons. The summed E-state index contributed by atoms with van der Waals surface area (Å²) in [6.07, 6.45) is -3.83. The Morgan fingerprint density at radius 3 is 1.02 bits per heavy atom. The summed E-state index contributed by atoms with van der Waals surface area (Å²) in [7, 11) is 0. The predicted molar refractivity (Wildman–Crippen MR) is 157 cm³/mol. The molecule has 9 heteroatoms. The van der Waals surface area contributed by atoms with Crippen LogP contribution in [0.25, 0.3) is 0 Å². The van der Waals surface area contributed by atoms with Gasteiger partial charge in [0.2, 0.25) is 0 Å². The third-order valence-electron chi connectivity index (χ3n) is 6.22. The van der Waals surface area contributed by atoms with Crippen LogP contribution in [0.15, 0.2) is 48.5 Å². The molecule has 0 aliphatic carbocycles. The smallest absolute Gasteiger partial charge is 0.400 e. The molecule has 0 aromatic heterocycles. The van der Waals surface area contributed by atoms with Gasteiger partial charge in [0.1, 0.15) is 0 Å². The lowest BCUT2D eigenvalue weighted by molar-refractivity contribution is -0.371. The van der Waals surface area contributed by atoms with E-state index in [1.807, 2.05) is 24.3 Å². The monoisotopic (exact) mass is 586 g/mol. The Bertz CT molecular complexity index is 1110. The highest BCUT2D eigenvalue weighted by atomic mass is 17.2. The Kier molecular flexibility index (Phi) is 11.0. The zero-order chi connectivity index (χ0) is 32.1. The van der Waals surface area contributed by atoms with Crippen molar-refractivity contribution in [3.8, 4) is 0 Å². The maximum Gasteiger partial charge on any atom is 0.513 e. The van der Waals surface area contributed by atoms with Crippen molar-refractivity contribution in [2.24, 2.45) is 10.8 Å². The molecule has 0 saturated carbocycles. The van der Waals surface area contributed by atoms with Gasteiger partial charge in [-0.3, -0.25) is 9.78 Å². The molecule has 2 aromatic rings. The average Bonchev–Trinajstić information content (AvgIpc) is 2.86. The van der Waals surface area contributed by atoms with Gasteiger partial charge in [0.15, 0.2) is 0 Å². The quantitative estimate of drug-likeness (QED) is 0.131. The van der Waals surface area contributed by atoms with Crippen LogP contribution < -0.4 is 0 Å². The maximum absolute atomic E-state index is 12.8. The minimum Gasteiger partial charge on any atom is -0.400 e. The van der Waals surface area contributed by atoms with E-state index in [-0.39, 0.29) is 22.0 Å². The summed E-state index contributed by atoms with van der Waals surface area (Å²) in [5.74, 6) is -1.50. The van der Waals surface area contributed by atoms with Gasteiger partial charge in [-0.15, -0.1) is 9.78 Å². The second-order valence-corrected chi connectivity index (χ2v) is 14.5. The number of rotatable bonds is 8. The standard InChI is InChI=1S/C33H46O9/c1-30(2,3)23-17-13-21(14-18-23)25(34)39-41-27(32(7,8)9)37-29(36)38-28(33(10,11)12)42-40-26(35)22-15-19-24(20-16-22)31(4,5)6/h13-20,27-28H,1-12H3. The summed E-state index contributed by atoms with van der Waals surface area (Å²) in [5, 5.41) is 0.